The molecule has 1 heterocycles. The Morgan fingerprint density at radius 3 is 2.08 bits per heavy atom. The van der Waals surface area contributed by atoms with Crippen molar-refractivity contribution in [3.05, 3.63) is 24.0 Å². The number of carbonyl (C=O) groups is 3. The largest absolute Gasteiger partial charge is 0.480 e. The van der Waals surface area contributed by atoms with Crippen molar-refractivity contribution in [2.75, 3.05) is 0 Å². The van der Waals surface area contributed by atoms with Crippen LogP contribution in [0.4, 0.5) is 0 Å². The second-order valence-corrected chi connectivity index (χ2v) is 7.58. The molecule has 0 amide bonds. The lowest BCUT2D eigenvalue weighted by atomic mass is 9.73. The quantitative estimate of drug-likeness (QED) is 0.807. The molecule has 1 aromatic heterocycles. The molecule has 1 aliphatic carbocycles. The van der Waals surface area contributed by atoms with E-state index in [9.17, 15) is 24.6 Å². The van der Waals surface area contributed by atoms with Gasteiger partial charge in [0.05, 0.1) is 0 Å². The van der Waals surface area contributed by atoms with Gasteiger partial charge in [-0.05, 0) is 25.0 Å². The van der Waals surface area contributed by atoms with Gasteiger partial charge in [0.25, 0.3) is 0 Å². The highest BCUT2D eigenvalue weighted by Gasteiger charge is 2.50. The van der Waals surface area contributed by atoms with Crippen LogP contribution in [0.25, 0.3) is 0 Å². The first kappa shape index (κ1) is 18.2. The zero-order valence-corrected chi connectivity index (χ0v) is 14.4. The van der Waals surface area contributed by atoms with Crippen LogP contribution in [0.15, 0.2) is 18.3 Å². The molecule has 0 aliphatic heterocycles. The molecular formula is C18H25NO5. The molecule has 0 aromatic carbocycles. The van der Waals surface area contributed by atoms with Crippen LogP contribution in [0.5, 0.6) is 0 Å². The Kier molecular flexibility index (Phi) is 4.87. The van der Waals surface area contributed by atoms with Gasteiger partial charge >= 0.3 is 11.9 Å². The van der Waals surface area contributed by atoms with E-state index < -0.39 is 29.2 Å². The van der Waals surface area contributed by atoms with Crippen molar-refractivity contribution in [3.8, 4) is 0 Å². The molecule has 0 bridgehead atoms. The van der Waals surface area contributed by atoms with E-state index in [1.165, 1.54) is 0 Å². The van der Waals surface area contributed by atoms with Crippen LogP contribution in [0.3, 0.4) is 0 Å². The summed E-state index contributed by atoms with van der Waals surface area (Å²) in [7, 11) is 0. The molecule has 0 radical (unpaired) electrons. The molecule has 132 valence electrons. The summed E-state index contributed by atoms with van der Waals surface area (Å²) < 4.78 is 1.84. The van der Waals surface area contributed by atoms with Gasteiger partial charge in [-0.3, -0.25) is 14.4 Å². The highest BCUT2D eigenvalue weighted by Crippen LogP contribution is 2.41. The molecule has 6 nitrogen and oxygen atoms in total. The number of Topliss-reactive ketones (excluding diaryl/α,β-unsaturated/α-hetero) is 1. The molecule has 6 heteroatoms. The van der Waals surface area contributed by atoms with Crippen molar-refractivity contribution in [1.82, 2.24) is 4.57 Å². The molecule has 0 spiro atoms. The van der Waals surface area contributed by atoms with Crippen molar-refractivity contribution in [2.24, 2.45) is 5.92 Å². The number of hydrogen-bond donors (Lipinski definition) is 2. The highest BCUT2D eigenvalue weighted by molar-refractivity contribution is 6.16. The summed E-state index contributed by atoms with van der Waals surface area (Å²) in [6.45, 7) is 6.06. The average Bonchev–Trinajstić information content (AvgIpc) is 2.97. The fraction of sp³-hybridized carbons (Fsp3) is 0.611. The molecule has 2 N–H and O–H groups in total. The van der Waals surface area contributed by atoms with Crippen LogP contribution in [0.2, 0.25) is 0 Å². The molecule has 1 saturated carbocycles. The standard InChI is InChI=1S/C18H25NO5/c1-17(2,3)12-8-7-11-19(12)18(9-5-4-6-10-18)14(20)13(15(21)22)16(23)24/h7-8,11,13H,4-6,9-10H2,1-3H3,(H,21,22)(H,23,24). The number of rotatable bonds is 5. The van der Waals surface area contributed by atoms with Gasteiger partial charge < -0.3 is 14.8 Å². The van der Waals surface area contributed by atoms with Gasteiger partial charge in [-0.2, -0.15) is 0 Å². The van der Waals surface area contributed by atoms with E-state index in [2.05, 4.69) is 0 Å². The number of aromatic nitrogens is 1. The molecular weight excluding hydrogens is 310 g/mol. The molecule has 0 atom stereocenters. The lowest BCUT2D eigenvalue weighted by Gasteiger charge is -2.41. The number of carboxylic acid groups (broad SMARTS) is 2. The summed E-state index contributed by atoms with van der Waals surface area (Å²) in [6.07, 6.45) is 5.25. The number of carboxylic acids is 2. The molecule has 1 fully saturated rings. The van der Waals surface area contributed by atoms with Crippen LogP contribution in [0.1, 0.15) is 58.6 Å². The van der Waals surface area contributed by atoms with Crippen molar-refractivity contribution in [3.63, 3.8) is 0 Å². The van der Waals surface area contributed by atoms with Gasteiger partial charge in [0.15, 0.2) is 5.78 Å². The second-order valence-electron chi connectivity index (χ2n) is 7.58. The van der Waals surface area contributed by atoms with Crippen molar-refractivity contribution < 1.29 is 24.6 Å². The third-order valence-electron chi connectivity index (χ3n) is 4.87. The number of nitrogens with zero attached hydrogens (tertiary/aromatic N) is 1. The summed E-state index contributed by atoms with van der Waals surface area (Å²) >= 11 is 0. The Labute approximate surface area is 141 Å². The van der Waals surface area contributed by atoms with Gasteiger partial charge in [0.1, 0.15) is 5.54 Å². The minimum absolute atomic E-state index is 0.240. The Morgan fingerprint density at radius 1 is 1.08 bits per heavy atom. The van der Waals surface area contributed by atoms with Gasteiger partial charge in [-0.1, -0.05) is 40.0 Å². The summed E-state index contributed by atoms with van der Waals surface area (Å²) in [6, 6.07) is 3.75. The van der Waals surface area contributed by atoms with Gasteiger partial charge in [-0.25, -0.2) is 0 Å². The number of ketones is 1. The van der Waals surface area contributed by atoms with Crippen LogP contribution in [-0.4, -0.2) is 32.5 Å². The maximum absolute atomic E-state index is 13.1. The van der Waals surface area contributed by atoms with Crippen LogP contribution in [0, 0.1) is 5.92 Å². The first-order valence-electron chi connectivity index (χ1n) is 8.29. The lowest BCUT2D eigenvalue weighted by Crippen LogP contribution is -2.51. The second kappa shape index (κ2) is 6.42. The van der Waals surface area contributed by atoms with Gasteiger partial charge in [0, 0.05) is 17.3 Å². The number of aliphatic carboxylic acids is 2. The van der Waals surface area contributed by atoms with Crippen LogP contribution < -0.4 is 0 Å². The summed E-state index contributed by atoms with van der Waals surface area (Å²) in [5, 5.41) is 18.5. The van der Waals surface area contributed by atoms with Crippen molar-refractivity contribution in [2.45, 2.75) is 63.8 Å². The minimum Gasteiger partial charge on any atom is -0.480 e. The maximum atomic E-state index is 13.1. The third kappa shape index (κ3) is 3.09. The summed E-state index contributed by atoms with van der Waals surface area (Å²) in [5.41, 5.74) is -0.422. The molecule has 2 rings (SSSR count). The van der Waals surface area contributed by atoms with Crippen LogP contribution >= 0.6 is 0 Å². The third-order valence-corrected chi connectivity index (χ3v) is 4.87. The van der Waals surface area contributed by atoms with Crippen molar-refractivity contribution in [1.29, 1.82) is 0 Å². The molecule has 0 unspecified atom stereocenters. The van der Waals surface area contributed by atoms with Gasteiger partial charge in [0.2, 0.25) is 5.92 Å². The summed E-state index contributed by atoms with van der Waals surface area (Å²) in [4.78, 5) is 35.9. The smallest absolute Gasteiger partial charge is 0.325 e. The highest BCUT2D eigenvalue weighted by atomic mass is 16.4. The SMILES string of the molecule is CC(C)(C)c1cccn1C1(C(=O)C(C(=O)O)C(=O)O)CCCCC1. The fourth-order valence-electron chi connectivity index (χ4n) is 3.71. The zero-order valence-electron chi connectivity index (χ0n) is 14.4. The fourth-order valence-corrected chi connectivity index (χ4v) is 3.71. The van der Waals surface area contributed by atoms with E-state index in [-0.39, 0.29) is 5.41 Å². The van der Waals surface area contributed by atoms with E-state index in [4.69, 9.17) is 0 Å². The molecule has 0 saturated heterocycles. The Bertz CT molecular complexity index is 633. The first-order chi connectivity index (χ1) is 11.1. The van der Waals surface area contributed by atoms with Crippen LogP contribution in [-0.2, 0) is 25.3 Å². The average molecular weight is 335 g/mol. The van der Waals surface area contributed by atoms with E-state index in [1.54, 1.807) is 6.20 Å². The minimum atomic E-state index is -2.03. The molecule has 24 heavy (non-hydrogen) atoms. The van der Waals surface area contributed by atoms with Gasteiger partial charge in [-0.15, -0.1) is 0 Å². The normalized spacial score (nSPS) is 17.7. The lowest BCUT2D eigenvalue weighted by molar-refractivity contribution is -0.160. The van der Waals surface area contributed by atoms with E-state index in [0.29, 0.717) is 12.8 Å². The van der Waals surface area contributed by atoms with Crippen molar-refractivity contribution >= 4 is 17.7 Å². The van der Waals surface area contributed by atoms with E-state index in [1.807, 2.05) is 37.5 Å². The Morgan fingerprint density at radius 2 is 1.62 bits per heavy atom. The Balaban J connectivity index is 2.60. The van der Waals surface area contributed by atoms with E-state index in [0.717, 1.165) is 25.0 Å². The van der Waals surface area contributed by atoms with E-state index >= 15 is 0 Å². The predicted molar refractivity (Wildman–Crippen MR) is 88.0 cm³/mol. The predicted octanol–water partition coefficient (Wildman–Crippen LogP) is 2.80. The topological polar surface area (TPSA) is 96.6 Å². The molecule has 1 aromatic rings. The zero-order chi connectivity index (χ0) is 18.1. The monoisotopic (exact) mass is 335 g/mol. The number of hydrogen-bond acceptors (Lipinski definition) is 3. The molecule has 1 aliphatic rings. The maximum Gasteiger partial charge on any atom is 0.325 e. The first-order valence-corrected chi connectivity index (χ1v) is 8.29. The summed E-state index contributed by atoms with van der Waals surface area (Å²) in [5.74, 6) is -5.94. The Hall–Kier alpha value is -2.11. The number of carbonyl (C=O) groups excluding carboxylic acids is 1.